The van der Waals surface area contributed by atoms with E-state index in [1.807, 2.05) is 29.2 Å². The van der Waals surface area contributed by atoms with Gasteiger partial charge in [-0.15, -0.1) is 0 Å². The number of carbonyl (C=O) groups is 1. The third-order valence-corrected chi connectivity index (χ3v) is 5.19. The highest BCUT2D eigenvalue weighted by Crippen LogP contribution is 2.32. The minimum Gasteiger partial charge on any atom is -0.454 e. The quantitative estimate of drug-likeness (QED) is 0.903. The number of nitrogens with zero attached hydrogens (tertiary/aromatic N) is 2. The molecule has 2 aliphatic rings. The molecule has 0 unspecified atom stereocenters. The second-order valence-electron chi connectivity index (χ2n) is 7.04. The van der Waals surface area contributed by atoms with Crippen molar-refractivity contribution >= 4 is 6.03 Å². The van der Waals surface area contributed by atoms with E-state index in [1.165, 1.54) is 11.1 Å². The summed E-state index contributed by atoms with van der Waals surface area (Å²) in [6.45, 7) is 7.01. The van der Waals surface area contributed by atoms with Gasteiger partial charge in [-0.2, -0.15) is 0 Å². The molecular formula is C21H25N3O3. The zero-order valence-corrected chi connectivity index (χ0v) is 15.6. The summed E-state index contributed by atoms with van der Waals surface area (Å²) in [5.41, 5.74) is 3.57. The summed E-state index contributed by atoms with van der Waals surface area (Å²) in [4.78, 5) is 16.7. The van der Waals surface area contributed by atoms with Crippen molar-refractivity contribution in [1.82, 2.24) is 15.1 Å². The van der Waals surface area contributed by atoms with E-state index in [-0.39, 0.29) is 6.03 Å². The van der Waals surface area contributed by atoms with Crippen LogP contribution in [0.3, 0.4) is 0 Å². The van der Waals surface area contributed by atoms with Gasteiger partial charge in [0.1, 0.15) is 0 Å². The normalized spacial score (nSPS) is 16.4. The van der Waals surface area contributed by atoms with E-state index in [4.69, 9.17) is 9.47 Å². The number of hydrogen-bond acceptors (Lipinski definition) is 4. The Balaban J connectivity index is 1.25. The summed E-state index contributed by atoms with van der Waals surface area (Å²) < 4.78 is 10.8. The summed E-state index contributed by atoms with van der Waals surface area (Å²) in [7, 11) is 0. The van der Waals surface area contributed by atoms with Crippen molar-refractivity contribution in [2.24, 2.45) is 0 Å². The van der Waals surface area contributed by atoms with Crippen molar-refractivity contribution in [1.29, 1.82) is 0 Å². The molecule has 0 bridgehead atoms. The van der Waals surface area contributed by atoms with Crippen molar-refractivity contribution in [3.63, 3.8) is 0 Å². The zero-order valence-electron chi connectivity index (χ0n) is 15.6. The molecule has 2 aromatic rings. The van der Waals surface area contributed by atoms with Crippen LogP contribution in [0, 0.1) is 6.92 Å². The maximum Gasteiger partial charge on any atom is 0.317 e. The van der Waals surface area contributed by atoms with Crippen molar-refractivity contribution in [2.45, 2.75) is 20.0 Å². The van der Waals surface area contributed by atoms with Gasteiger partial charge in [0.05, 0.1) is 0 Å². The van der Waals surface area contributed by atoms with Crippen LogP contribution in [0.4, 0.5) is 4.79 Å². The van der Waals surface area contributed by atoms with Gasteiger partial charge in [-0.05, 0) is 35.7 Å². The molecule has 0 aliphatic carbocycles. The van der Waals surface area contributed by atoms with Crippen molar-refractivity contribution in [2.75, 3.05) is 33.0 Å². The lowest BCUT2D eigenvalue weighted by Gasteiger charge is -2.34. The molecule has 1 fully saturated rings. The molecule has 142 valence electrons. The molecule has 0 aromatic heterocycles. The number of rotatable bonds is 4. The Bertz CT molecular complexity index is 816. The first-order valence-corrected chi connectivity index (χ1v) is 9.37. The zero-order chi connectivity index (χ0) is 18.6. The molecule has 1 saturated heterocycles. The van der Waals surface area contributed by atoms with Gasteiger partial charge in [0.15, 0.2) is 11.5 Å². The standard InChI is InChI=1S/C21H25N3O3/c1-16-4-2-3-5-18(16)13-22-21(25)24-10-8-23(9-11-24)14-17-6-7-19-20(12-17)27-15-26-19/h2-7,12H,8-11,13-15H2,1H3,(H,22,25). The van der Waals surface area contributed by atoms with Crippen molar-refractivity contribution < 1.29 is 14.3 Å². The van der Waals surface area contributed by atoms with Gasteiger partial charge in [0, 0.05) is 39.3 Å². The van der Waals surface area contributed by atoms with Gasteiger partial charge >= 0.3 is 6.03 Å². The lowest BCUT2D eigenvalue weighted by molar-refractivity contribution is 0.135. The summed E-state index contributed by atoms with van der Waals surface area (Å²) >= 11 is 0. The molecule has 2 amide bonds. The highest BCUT2D eigenvalue weighted by Gasteiger charge is 2.22. The molecule has 27 heavy (non-hydrogen) atoms. The smallest absolute Gasteiger partial charge is 0.317 e. The third-order valence-electron chi connectivity index (χ3n) is 5.19. The molecule has 2 aliphatic heterocycles. The molecule has 0 saturated carbocycles. The second kappa shape index (κ2) is 7.88. The SMILES string of the molecule is Cc1ccccc1CNC(=O)N1CCN(Cc2ccc3c(c2)OCO3)CC1. The van der Waals surface area contributed by atoms with Crippen molar-refractivity contribution in [3.05, 3.63) is 59.2 Å². The van der Waals surface area contributed by atoms with E-state index in [0.717, 1.165) is 49.8 Å². The van der Waals surface area contributed by atoms with Gasteiger partial charge in [-0.25, -0.2) is 4.79 Å². The molecule has 0 radical (unpaired) electrons. The average Bonchev–Trinajstić information content (AvgIpc) is 3.15. The topological polar surface area (TPSA) is 54.0 Å². The molecular weight excluding hydrogens is 342 g/mol. The number of nitrogens with one attached hydrogen (secondary N) is 1. The van der Waals surface area contributed by atoms with E-state index in [0.29, 0.717) is 13.3 Å². The highest BCUT2D eigenvalue weighted by atomic mass is 16.7. The fraction of sp³-hybridized carbons (Fsp3) is 0.381. The summed E-state index contributed by atoms with van der Waals surface area (Å²) in [6.07, 6.45) is 0. The van der Waals surface area contributed by atoms with E-state index < -0.39 is 0 Å². The number of urea groups is 1. The number of amides is 2. The fourth-order valence-corrected chi connectivity index (χ4v) is 3.50. The first-order chi connectivity index (χ1) is 13.2. The monoisotopic (exact) mass is 367 g/mol. The second-order valence-corrected chi connectivity index (χ2v) is 7.04. The summed E-state index contributed by atoms with van der Waals surface area (Å²) in [6, 6.07) is 14.2. The van der Waals surface area contributed by atoms with Crippen LogP contribution in [0.5, 0.6) is 11.5 Å². The summed E-state index contributed by atoms with van der Waals surface area (Å²) in [5.74, 6) is 1.63. The number of hydrogen-bond donors (Lipinski definition) is 1. The van der Waals surface area contributed by atoms with Gasteiger partial charge in [-0.1, -0.05) is 30.3 Å². The van der Waals surface area contributed by atoms with E-state index >= 15 is 0 Å². The van der Waals surface area contributed by atoms with Crippen LogP contribution in [0.2, 0.25) is 0 Å². The minimum absolute atomic E-state index is 0.0148. The average molecular weight is 367 g/mol. The van der Waals surface area contributed by atoms with Crippen LogP contribution in [0.1, 0.15) is 16.7 Å². The first-order valence-electron chi connectivity index (χ1n) is 9.37. The molecule has 2 heterocycles. The third kappa shape index (κ3) is 4.17. The van der Waals surface area contributed by atoms with Crippen LogP contribution in [-0.4, -0.2) is 48.8 Å². The Labute approximate surface area is 159 Å². The molecule has 2 aromatic carbocycles. The van der Waals surface area contributed by atoms with E-state index in [2.05, 4.69) is 35.3 Å². The van der Waals surface area contributed by atoms with E-state index in [9.17, 15) is 4.79 Å². The number of piperazine rings is 1. The van der Waals surface area contributed by atoms with Crippen LogP contribution in [0.15, 0.2) is 42.5 Å². The molecule has 6 heteroatoms. The van der Waals surface area contributed by atoms with Gasteiger partial charge in [0.25, 0.3) is 0 Å². The molecule has 6 nitrogen and oxygen atoms in total. The van der Waals surface area contributed by atoms with Gasteiger partial charge in [-0.3, -0.25) is 4.90 Å². The van der Waals surface area contributed by atoms with Crippen LogP contribution >= 0.6 is 0 Å². The number of aryl methyl sites for hydroxylation is 1. The van der Waals surface area contributed by atoms with Gasteiger partial charge < -0.3 is 19.7 Å². The largest absolute Gasteiger partial charge is 0.454 e. The van der Waals surface area contributed by atoms with Crippen molar-refractivity contribution in [3.8, 4) is 11.5 Å². The van der Waals surface area contributed by atoms with Crippen LogP contribution < -0.4 is 14.8 Å². The number of benzene rings is 2. The minimum atomic E-state index is 0.0148. The number of carbonyl (C=O) groups excluding carboxylic acids is 1. The Morgan fingerprint density at radius 2 is 1.81 bits per heavy atom. The maximum absolute atomic E-state index is 12.4. The molecule has 1 N–H and O–H groups in total. The highest BCUT2D eigenvalue weighted by molar-refractivity contribution is 5.74. The first kappa shape index (κ1) is 17.7. The lowest BCUT2D eigenvalue weighted by atomic mass is 10.1. The van der Waals surface area contributed by atoms with Gasteiger partial charge in [0.2, 0.25) is 6.79 Å². The predicted molar refractivity (Wildman–Crippen MR) is 103 cm³/mol. The predicted octanol–water partition coefficient (Wildman–Crippen LogP) is 2.75. The number of ether oxygens (including phenoxy) is 2. The fourth-order valence-electron chi connectivity index (χ4n) is 3.50. The lowest BCUT2D eigenvalue weighted by Crippen LogP contribution is -2.51. The van der Waals surface area contributed by atoms with Crippen LogP contribution in [0.25, 0.3) is 0 Å². The Hall–Kier alpha value is -2.73. The summed E-state index contributed by atoms with van der Waals surface area (Å²) in [5, 5.41) is 3.04. The molecule has 0 atom stereocenters. The Morgan fingerprint density at radius 1 is 1.04 bits per heavy atom. The molecule has 0 spiro atoms. The number of fused-ring (bicyclic) bond motifs is 1. The molecule has 4 rings (SSSR count). The Kier molecular flexibility index (Phi) is 5.16. The van der Waals surface area contributed by atoms with E-state index in [1.54, 1.807) is 0 Å². The van der Waals surface area contributed by atoms with Crippen LogP contribution in [-0.2, 0) is 13.1 Å². The Morgan fingerprint density at radius 3 is 2.63 bits per heavy atom. The maximum atomic E-state index is 12.4.